The molecular weight excluding hydrogens is 192 g/mol. The number of aromatic nitrogens is 2. The van der Waals surface area contributed by atoms with E-state index < -0.39 is 5.97 Å². The predicted molar refractivity (Wildman–Crippen MR) is 58.2 cm³/mol. The van der Waals surface area contributed by atoms with Crippen LogP contribution in [-0.2, 0) is 6.54 Å². The summed E-state index contributed by atoms with van der Waals surface area (Å²) in [6.45, 7) is 6.89. The summed E-state index contributed by atoms with van der Waals surface area (Å²) in [5, 5.41) is 13.1. The molecule has 0 aromatic carbocycles. The molecule has 0 spiro atoms. The number of aromatic carboxylic acids is 1. The highest BCUT2D eigenvalue weighted by atomic mass is 16.4. The molecule has 84 valence electrons. The van der Waals surface area contributed by atoms with Gasteiger partial charge in [-0.3, -0.25) is 4.68 Å². The summed E-state index contributed by atoms with van der Waals surface area (Å²) in [6, 6.07) is 0. The van der Waals surface area contributed by atoms with Gasteiger partial charge in [-0.2, -0.15) is 5.10 Å². The first-order chi connectivity index (χ1) is 7.07. The summed E-state index contributed by atoms with van der Waals surface area (Å²) >= 11 is 0. The van der Waals surface area contributed by atoms with Crippen molar-refractivity contribution in [2.24, 2.45) is 0 Å². The van der Waals surface area contributed by atoms with Gasteiger partial charge in [-0.1, -0.05) is 27.2 Å². The van der Waals surface area contributed by atoms with Gasteiger partial charge in [0.15, 0.2) is 0 Å². The van der Waals surface area contributed by atoms with E-state index in [1.807, 2.05) is 18.5 Å². The van der Waals surface area contributed by atoms with E-state index in [4.69, 9.17) is 5.11 Å². The molecule has 4 nitrogen and oxygen atoms in total. The average molecular weight is 210 g/mol. The van der Waals surface area contributed by atoms with Gasteiger partial charge in [0.05, 0.1) is 11.9 Å². The number of carbonyl (C=O) groups is 1. The van der Waals surface area contributed by atoms with Gasteiger partial charge in [-0.25, -0.2) is 4.79 Å². The fraction of sp³-hybridized carbons (Fsp3) is 0.636. The third-order valence-electron chi connectivity index (χ3n) is 2.38. The molecule has 1 aromatic rings. The van der Waals surface area contributed by atoms with E-state index in [2.05, 4.69) is 12.0 Å². The molecule has 15 heavy (non-hydrogen) atoms. The van der Waals surface area contributed by atoms with Crippen LogP contribution in [0.2, 0.25) is 0 Å². The predicted octanol–water partition coefficient (Wildman–Crippen LogP) is 2.50. The molecule has 0 amide bonds. The first kappa shape index (κ1) is 11.8. The van der Waals surface area contributed by atoms with Gasteiger partial charge in [-0.15, -0.1) is 0 Å². The quantitative estimate of drug-likeness (QED) is 0.812. The Kier molecular flexibility index (Phi) is 3.88. The minimum Gasteiger partial charge on any atom is -0.478 e. The molecule has 0 radical (unpaired) electrons. The van der Waals surface area contributed by atoms with Gasteiger partial charge in [0.2, 0.25) is 0 Å². The molecule has 0 aliphatic heterocycles. The third-order valence-corrected chi connectivity index (χ3v) is 2.38. The highest BCUT2D eigenvalue weighted by Crippen LogP contribution is 2.19. The van der Waals surface area contributed by atoms with Crippen LogP contribution in [0.1, 0.15) is 55.6 Å². The van der Waals surface area contributed by atoms with Crippen LogP contribution in [0.3, 0.4) is 0 Å². The van der Waals surface area contributed by atoms with Crippen LogP contribution in [0.25, 0.3) is 0 Å². The maximum absolute atomic E-state index is 11.0. The Morgan fingerprint density at radius 2 is 2.27 bits per heavy atom. The Balaban J connectivity index is 3.01. The van der Waals surface area contributed by atoms with Crippen LogP contribution < -0.4 is 0 Å². The van der Waals surface area contributed by atoms with E-state index in [1.54, 1.807) is 0 Å². The number of carboxylic acids is 1. The van der Waals surface area contributed by atoms with Gasteiger partial charge in [0, 0.05) is 6.54 Å². The van der Waals surface area contributed by atoms with Crippen LogP contribution in [0, 0.1) is 0 Å². The van der Waals surface area contributed by atoms with Crippen LogP contribution in [0.15, 0.2) is 6.20 Å². The van der Waals surface area contributed by atoms with Crippen molar-refractivity contribution in [2.75, 3.05) is 0 Å². The minimum absolute atomic E-state index is 0.190. The topological polar surface area (TPSA) is 55.1 Å². The first-order valence-corrected chi connectivity index (χ1v) is 5.36. The molecule has 0 atom stereocenters. The Morgan fingerprint density at radius 1 is 1.60 bits per heavy atom. The lowest BCUT2D eigenvalue weighted by molar-refractivity contribution is 0.0695. The number of rotatable bonds is 5. The van der Waals surface area contributed by atoms with E-state index >= 15 is 0 Å². The monoisotopic (exact) mass is 210 g/mol. The van der Waals surface area contributed by atoms with Crippen LogP contribution >= 0.6 is 0 Å². The van der Waals surface area contributed by atoms with Crippen LogP contribution in [0.5, 0.6) is 0 Å². The Labute approximate surface area is 89.9 Å². The SMILES string of the molecule is CCCCn1ncc(C(=O)O)c1C(C)C. The molecule has 0 bridgehead atoms. The highest BCUT2D eigenvalue weighted by Gasteiger charge is 2.18. The van der Waals surface area contributed by atoms with Crippen LogP contribution in [-0.4, -0.2) is 20.9 Å². The molecule has 1 heterocycles. The highest BCUT2D eigenvalue weighted by molar-refractivity contribution is 5.88. The van der Waals surface area contributed by atoms with E-state index in [0.29, 0.717) is 5.56 Å². The zero-order chi connectivity index (χ0) is 11.4. The largest absolute Gasteiger partial charge is 0.478 e. The summed E-state index contributed by atoms with van der Waals surface area (Å²) in [6.07, 6.45) is 3.56. The standard InChI is InChI=1S/C11H18N2O2/c1-4-5-6-13-10(8(2)3)9(7-12-13)11(14)15/h7-8H,4-6H2,1-3H3,(H,14,15). The van der Waals surface area contributed by atoms with Gasteiger partial charge in [0.25, 0.3) is 0 Å². The van der Waals surface area contributed by atoms with E-state index in [0.717, 1.165) is 25.1 Å². The fourth-order valence-corrected chi connectivity index (χ4v) is 1.65. The zero-order valence-corrected chi connectivity index (χ0v) is 9.53. The van der Waals surface area contributed by atoms with Crippen LogP contribution in [0.4, 0.5) is 0 Å². The molecule has 1 N–H and O–H groups in total. The zero-order valence-electron chi connectivity index (χ0n) is 9.53. The van der Waals surface area contributed by atoms with Gasteiger partial charge >= 0.3 is 5.97 Å². The Hall–Kier alpha value is -1.32. The van der Waals surface area contributed by atoms with Crippen molar-refractivity contribution in [2.45, 2.75) is 46.1 Å². The molecule has 0 unspecified atom stereocenters. The number of nitrogens with zero attached hydrogens (tertiary/aromatic N) is 2. The molecule has 0 fully saturated rings. The summed E-state index contributed by atoms with van der Waals surface area (Å²) in [4.78, 5) is 11.0. The number of unbranched alkanes of at least 4 members (excludes halogenated alkanes) is 1. The van der Waals surface area contributed by atoms with Crippen molar-refractivity contribution in [3.05, 3.63) is 17.5 Å². The number of carboxylic acid groups (broad SMARTS) is 1. The summed E-state index contributed by atoms with van der Waals surface area (Å²) in [5.41, 5.74) is 1.16. The van der Waals surface area contributed by atoms with Crippen molar-refractivity contribution >= 4 is 5.97 Å². The number of aryl methyl sites for hydroxylation is 1. The lowest BCUT2D eigenvalue weighted by atomic mass is 10.1. The van der Waals surface area contributed by atoms with E-state index in [1.165, 1.54) is 6.20 Å². The lowest BCUT2D eigenvalue weighted by Crippen LogP contribution is -2.09. The summed E-state index contributed by atoms with van der Waals surface area (Å²) < 4.78 is 1.82. The fourth-order valence-electron chi connectivity index (χ4n) is 1.65. The molecule has 0 aliphatic carbocycles. The molecule has 4 heteroatoms. The van der Waals surface area contributed by atoms with Gasteiger partial charge < -0.3 is 5.11 Å². The normalized spacial score (nSPS) is 10.9. The van der Waals surface area contributed by atoms with Gasteiger partial charge in [-0.05, 0) is 12.3 Å². The third kappa shape index (κ3) is 2.58. The second-order valence-corrected chi connectivity index (χ2v) is 3.98. The van der Waals surface area contributed by atoms with Crippen molar-refractivity contribution in [1.29, 1.82) is 0 Å². The maximum atomic E-state index is 11.0. The Morgan fingerprint density at radius 3 is 2.73 bits per heavy atom. The first-order valence-electron chi connectivity index (χ1n) is 5.36. The Bertz CT molecular complexity index is 342. The average Bonchev–Trinajstić information content (AvgIpc) is 2.58. The lowest BCUT2D eigenvalue weighted by Gasteiger charge is -2.10. The molecule has 0 aliphatic rings. The number of hydrogen-bond acceptors (Lipinski definition) is 2. The second kappa shape index (κ2) is 4.96. The minimum atomic E-state index is -0.888. The smallest absolute Gasteiger partial charge is 0.339 e. The maximum Gasteiger partial charge on any atom is 0.339 e. The van der Waals surface area contributed by atoms with E-state index in [9.17, 15) is 4.79 Å². The van der Waals surface area contributed by atoms with Crippen molar-refractivity contribution in [1.82, 2.24) is 9.78 Å². The van der Waals surface area contributed by atoms with Crippen molar-refractivity contribution in [3.63, 3.8) is 0 Å². The molecule has 0 saturated heterocycles. The van der Waals surface area contributed by atoms with Gasteiger partial charge in [0.1, 0.15) is 5.56 Å². The molecule has 1 rings (SSSR count). The molecular formula is C11H18N2O2. The molecule has 1 aromatic heterocycles. The number of hydrogen-bond donors (Lipinski definition) is 1. The second-order valence-electron chi connectivity index (χ2n) is 3.98. The summed E-state index contributed by atoms with van der Waals surface area (Å²) in [7, 11) is 0. The van der Waals surface area contributed by atoms with E-state index in [-0.39, 0.29) is 5.92 Å². The summed E-state index contributed by atoms with van der Waals surface area (Å²) in [5.74, 6) is -0.697. The molecule has 0 saturated carbocycles. The van der Waals surface area contributed by atoms with Crippen molar-refractivity contribution < 1.29 is 9.90 Å². The van der Waals surface area contributed by atoms with Crippen molar-refractivity contribution in [3.8, 4) is 0 Å².